The maximum absolute atomic E-state index is 12.1. The van der Waals surface area contributed by atoms with E-state index in [2.05, 4.69) is 4.98 Å². The molecule has 0 spiro atoms. The van der Waals surface area contributed by atoms with Crippen LogP contribution in [-0.4, -0.2) is 29.9 Å². The van der Waals surface area contributed by atoms with Crippen LogP contribution in [0.15, 0.2) is 29.1 Å². The summed E-state index contributed by atoms with van der Waals surface area (Å²) >= 11 is 0. The average molecular weight is 304 g/mol. The van der Waals surface area contributed by atoms with Gasteiger partial charge < -0.3 is 14.2 Å². The van der Waals surface area contributed by atoms with E-state index in [9.17, 15) is 4.79 Å². The van der Waals surface area contributed by atoms with Crippen LogP contribution in [0.25, 0.3) is 11.3 Å². The standard InChI is InChI=1S/C16H20N2O4/c1-10(2)22-16-17-12(9-15(19)18(16)3)11-6-7-13(20-4)14(8-11)21-5/h6-10H,1-5H3. The van der Waals surface area contributed by atoms with Crippen molar-refractivity contribution >= 4 is 0 Å². The van der Waals surface area contributed by atoms with Crippen molar-refractivity contribution in [3.63, 3.8) is 0 Å². The van der Waals surface area contributed by atoms with Crippen molar-refractivity contribution in [1.29, 1.82) is 0 Å². The zero-order valence-electron chi connectivity index (χ0n) is 13.4. The summed E-state index contributed by atoms with van der Waals surface area (Å²) in [5.41, 5.74) is 1.10. The number of benzene rings is 1. The predicted molar refractivity (Wildman–Crippen MR) is 83.8 cm³/mol. The minimum absolute atomic E-state index is 0.0706. The van der Waals surface area contributed by atoms with Gasteiger partial charge >= 0.3 is 0 Å². The van der Waals surface area contributed by atoms with Gasteiger partial charge in [-0.1, -0.05) is 0 Å². The molecule has 0 aliphatic heterocycles. The molecule has 0 bridgehead atoms. The van der Waals surface area contributed by atoms with E-state index in [1.807, 2.05) is 19.9 Å². The van der Waals surface area contributed by atoms with Gasteiger partial charge in [-0.05, 0) is 32.0 Å². The first-order chi connectivity index (χ1) is 10.5. The number of aromatic nitrogens is 2. The molecule has 0 saturated carbocycles. The van der Waals surface area contributed by atoms with Crippen LogP contribution < -0.4 is 19.8 Å². The first-order valence-electron chi connectivity index (χ1n) is 6.93. The van der Waals surface area contributed by atoms with Gasteiger partial charge in [-0.15, -0.1) is 0 Å². The molecule has 2 rings (SSSR count). The van der Waals surface area contributed by atoms with Crippen LogP contribution in [-0.2, 0) is 7.05 Å². The summed E-state index contributed by atoms with van der Waals surface area (Å²) in [4.78, 5) is 16.5. The molecule has 1 aromatic carbocycles. The zero-order valence-corrected chi connectivity index (χ0v) is 13.4. The molecule has 0 atom stereocenters. The van der Waals surface area contributed by atoms with Crippen molar-refractivity contribution in [2.45, 2.75) is 20.0 Å². The summed E-state index contributed by atoms with van der Waals surface area (Å²) in [5.74, 6) is 1.20. The molecule has 22 heavy (non-hydrogen) atoms. The van der Waals surface area contributed by atoms with Gasteiger partial charge in [-0.25, -0.2) is 0 Å². The minimum Gasteiger partial charge on any atom is -0.493 e. The van der Waals surface area contributed by atoms with E-state index in [0.29, 0.717) is 17.2 Å². The summed E-state index contributed by atoms with van der Waals surface area (Å²) in [6.07, 6.45) is -0.0706. The third kappa shape index (κ3) is 3.21. The summed E-state index contributed by atoms with van der Waals surface area (Å²) < 4.78 is 17.5. The normalized spacial score (nSPS) is 10.6. The quantitative estimate of drug-likeness (QED) is 0.848. The fourth-order valence-corrected chi connectivity index (χ4v) is 1.98. The van der Waals surface area contributed by atoms with Crippen LogP contribution in [0.5, 0.6) is 17.5 Å². The highest BCUT2D eigenvalue weighted by Gasteiger charge is 2.12. The SMILES string of the molecule is COc1ccc(-c2cc(=O)n(C)c(OC(C)C)n2)cc1OC. The Morgan fingerprint density at radius 1 is 1.09 bits per heavy atom. The number of methoxy groups -OCH3 is 2. The zero-order chi connectivity index (χ0) is 16.3. The van der Waals surface area contributed by atoms with Crippen molar-refractivity contribution in [1.82, 2.24) is 9.55 Å². The smallest absolute Gasteiger partial charge is 0.299 e. The Bertz CT molecular complexity index is 723. The fraction of sp³-hybridized carbons (Fsp3) is 0.375. The van der Waals surface area contributed by atoms with E-state index >= 15 is 0 Å². The molecule has 1 aromatic heterocycles. The summed E-state index contributed by atoms with van der Waals surface area (Å²) in [6, 6.07) is 7.12. The Morgan fingerprint density at radius 2 is 1.77 bits per heavy atom. The second kappa shape index (κ2) is 6.51. The molecule has 0 aliphatic carbocycles. The summed E-state index contributed by atoms with van der Waals surface area (Å²) in [7, 11) is 4.76. The van der Waals surface area contributed by atoms with Crippen LogP contribution in [0, 0.1) is 0 Å². The third-order valence-corrected chi connectivity index (χ3v) is 3.11. The predicted octanol–water partition coefficient (Wildman–Crippen LogP) is 2.25. The van der Waals surface area contributed by atoms with Crippen molar-refractivity contribution in [3.8, 4) is 28.8 Å². The van der Waals surface area contributed by atoms with Gasteiger partial charge in [0.1, 0.15) is 0 Å². The van der Waals surface area contributed by atoms with Gasteiger partial charge in [0.05, 0.1) is 26.0 Å². The fourth-order valence-electron chi connectivity index (χ4n) is 1.98. The van der Waals surface area contributed by atoms with Crippen molar-refractivity contribution in [2.75, 3.05) is 14.2 Å². The first kappa shape index (κ1) is 15.9. The van der Waals surface area contributed by atoms with Gasteiger partial charge in [-0.2, -0.15) is 4.98 Å². The highest BCUT2D eigenvalue weighted by Crippen LogP contribution is 2.31. The molecule has 0 saturated heterocycles. The van der Waals surface area contributed by atoms with E-state index in [-0.39, 0.29) is 17.7 Å². The molecule has 2 aromatic rings. The maximum atomic E-state index is 12.1. The Morgan fingerprint density at radius 3 is 2.36 bits per heavy atom. The second-order valence-corrected chi connectivity index (χ2v) is 5.06. The lowest BCUT2D eigenvalue weighted by atomic mass is 10.1. The van der Waals surface area contributed by atoms with Crippen molar-refractivity contribution in [3.05, 3.63) is 34.6 Å². The monoisotopic (exact) mass is 304 g/mol. The van der Waals surface area contributed by atoms with E-state index in [4.69, 9.17) is 14.2 Å². The van der Waals surface area contributed by atoms with Gasteiger partial charge in [0.15, 0.2) is 11.5 Å². The van der Waals surface area contributed by atoms with Crippen LogP contribution in [0.4, 0.5) is 0 Å². The highest BCUT2D eigenvalue weighted by atomic mass is 16.5. The summed E-state index contributed by atoms with van der Waals surface area (Å²) in [6.45, 7) is 3.77. The Balaban J connectivity index is 2.53. The lowest BCUT2D eigenvalue weighted by Crippen LogP contribution is -2.22. The first-order valence-corrected chi connectivity index (χ1v) is 6.93. The number of nitrogens with zero attached hydrogens (tertiary/aromatic N) is 2. The third-order valence-electron chi connectivity index (χ3n) is 3.11. The van der Waals surface area contributed by atoms with E-state index in [1.54, 1.807) is 33.4 Å². The van der Waals surface area contributed by atoms with Crippen LogP contribution in [0.3, 0.4) is 0 Å². The van der Waals surface area contributed by atoms with E-state index in [1.165, 1.54) is 10.6 Å². The van der Waals surface area contributed by atoms with Crippen LogP contribution in [0.2, 0.25) is 0 Å². The van der Waals surface area contributed by atoms with Gasteiger partial charge in [0.2, 0.25) is 0 Å². The average Bonchev–Trinajstić information content (AvgIpc) is 2.50. The minimum atomic E-state index is -0.185. The lowest BCUT2D eigenvalue weighted by Gasteiger charge is -2.14. The van der Waals surface area contributed by atoms with E-state index < -0.39 is 0 Å². The number of hydrogen-bond acceptors (Lipinski definition) is 5. The molecular weight excluding hydrogens is 284 g/mol. The topological polar surface area (TPSA) is 62.6 Å². The number of rotatable bonds is 5. The molecule has 6 heteroatoms. The lowest BCUT2D eigenvalue weighted by molar-refractivity contribution is 0.211. The second-order valence-electron chi connectivity index (χ2n) is 5.06. The van der Waals surface area contributed by atoms with Crippen LogP contribution >= 0.6 is 0 Å². The molecule has 0 fully saturated rings. The highest BCUT2D eigenvalue weighted by molar-refractivity contribution is 5.64. The van der Waals surface area contributed by atoms with Gasteiger partial charge in [-0.3, -0.25) is 9.36 Å². The molecule has 6 nitrogen and oxygen atoms in total. The molecular formula is C16H20N2O4. The van der Waals surface area contributed by atoms with E-state index in [0.717, 1.165) is 5.56 Å². The number of ether oxygens (including phenoxy) is 3. The summed E-state index contributed by atoms with van der Waals surface area (Å²) in [5, 5.41) is 0. The molecule has 0 N–H and O–H groups in total. The molecule has 0 amide bonds. The number of hydrogen-bond donors (Lipinski definition) is 0. The van der Waals surface area contributed by atoms with Gasteiger partial charge in [0, 0.05) is 18.7 Å². The Kier molecular flexibility index (Phi) is 4.70. The molecule has 1 heterocycles. The van der Waals surface area contributed by atoms with Gasteiger partial charge in [0.25, 0.3) is 11.6 Å². The molecule has 118 valence electrons. The van der Waals surface area contributed by atoms with Crippen molar-refractivity contribution < 1.29 is 14.2 Å². The molecule has 0 unspecified atom stereocenters. The molecule has 0 aliphatic rings. The Hall–Kier alpha value is -2.50. The maximum Gasteiger partial charge on any atom is 0.299 e. The Labute approximate surface area is 129 Å². The molecule has 0 radical (unpaired) electrons. The largest absolute Gasteiger partial charge is 0.493 e. The van der Waals surface area contributed by atoms with Crippen molar-refractivity contribution in [2.24, 2.45) is 7.05 Å². The van der Waals surface area contributed by atoms with Crippen LogP contribution in [0.1, 0.15) is 13.8 Å².